The maximum atomic E-state index is 12.6. The fraction of sp³-hybridized carbons (Fsp3) is 0.524. The van der Waals surface area contributed by atoms with Crippen molar-refractivity contribution in [2.45, 2.75) is 38.7 Å². The van der Waals surface area contributed by atoms with Gasteiger partial charge >= 0.3 is 0 Å². The second-order valence-corrected chi connectivity index (χ2v) is 7.94. The van der Waals surface area contributed by atoms with Gasteiger partial charge in [0.25, 0.3) is 5.91 Å². The maximum Gasteiger partial charge on any atom is 0.255 e. The van der Waals surface area contributed by atoms with Crippen molar-refractivity contribution in [3.63, 3.8) is 0 Å². The van der Waals surface area contributed by atoms with Crippen molar-refractivity contribution in [2.24, 2.45) is 5.92 Å². The average Bonchev–Trinajstić information content (AvgIpc) is 2.66. The van der Waals surface area contributed by atoms with E-state index in [4.69, 9.17) is 9.47 Å². The van der Waals surface area contributed by atoms with E-state index in [0.29, 0.717) is 37.1 Å². The lowest BCUT2D eigenvalue weighted by Gasteiger charge is -2.53. The molecular formula is C21H26N4O3. The van der Waals surface area contributed by atoms with E-state index in [1.54, 1.807) is 24.8 Å². The van der Waals surface area contributed by atoms with Crippen molar-refractivity contribution in [3.05, 3.63) is 47.7 Å². The molecule has 28 heavy (non-hydrogen) atoms. The number of amides is 1. The largest absolute Gasteiger partial charge is 0.477 e. The van der Waals surface area contributed by atoms with Gasteiger partial charge in [0.15, 0.2) is 0 Å². The number of nitrogens with zero attached hydrogens (tertiary/aromatic N) is 4. The van der Waals surface area contributed by atoms with Crippen LogP contribution < -0.4 is 4.74 Å². The van der Waals surface area contributed by atoms with Crippen molar-refractivity contribution in [3.8, 4) is 5.88 Å². The topological polar surface area (TPSA) is 77.4 Å². The van der Waals surface area contributed by atoms with Gasteiger partial charge in [0.1, 0.15) is 5.60 Å². The molecule has 1 amide bonds. The highest BCUT2D eigenvalue weighted by Crippen LogP contribution is 2.38. The lowest BCUT2D eigenvalue weighted by Crippen LogP contribution is -2.66. The minimum Gasteiger partial charge on any atom is -0.477 e. The first-order valence-corrected chi connectivity index (χ1v) is 9.79. The third kappa shape index (κ3) is 4.14. The van der Waals surface area contributed by atoms with Gasteiger partial charge in [0.2, 0.25) is 5.88 Å². The highest BCUT2D eigenvalue weighted by Gasteiger charge is 2.49. The fourth-order valence-corrected chi connectivity index (χ4v) is 4.08. The Hall–Kier alpha value is -2.54. The molecule has 2 aliphatic heterocycles. The Morgan fingerprint density at radius 1 is 1.25 bits per heavy atom. The summed E-state index contributed by atoms with van der Waals surface area (Å²) in [4.78, 5) is 27.0. The zero-order chi connectivity index (χ0) is 19.6. The summed E-state index contributed by atoms with van der Waals surface area (Å²) in [5.74, 6) is 1.15. The van der Waals surface area contributed by atoms with E-state index in [-0.39, 0.29) is 11.5 Å². The van der Waals surface area contributed by atoms with Crippen molar-refractivity contribution in [1.29, 1.82) is 0 Å². The Balaban J connectivity index is 1.27. The summed E-state index contributed by atoms with van der Waals surface area (Å²) in [6.07, 6.45) is 9.70. The summed E-state index contributed by atoms with van der Waals surface area (Å²) in [6, 6.07) is 1.89. The molecule has 2 aromatic heterocycles. The third-order valence-corrected chi connectivity index (χ3v) is 5.47. The SMILES string of the molecule is Cc1cncc(C(=O)N2CC3(C[C@H](CCOc4cncc(C)n4)CCO3)C2)c1. The molecule has 7 heteroatoms. The van der Waals surface area contributed by atoms with Crippen LogP contribution in [0.1, 0.15) is 40.9 Å². The number of pyridine rings is 1. The smallest absolute Gasteiger partial charge is 0.255 e. The molecule has 2 saturated heterocycles. The van der Waals surface area contributed by atoms with Crippen molar-refractivity contribution >= 4 is 5.91 Å². The summed E-state index contributed by atoms with van der Waals surface area (Å²) in [5, 5.41) is 0. The van der Waals surface area contributed by atoms with Crippen LogP contribution in [0.15, 0.2) is 30.9 Å². The molecule has 0 radical (unpaired) electrons. The molecule has 2 aliphatic rings. The standard InChI is InChI=1S/C21H26N4O3/c1-15-7-18(11-22-9-15)20(26)25-13-21(14-25)8-17(4-6-28-21)3-5-27-19-12-23-10-16(2)24-19/h7,9-12,17H,3-6,8,13-14H2,1-2H3/t17-/m1/s1. The zero-order valence-electron chi connectivity index (χ0n) is 16.4. The number of carbonyl (C=O) groups excluding carboxylic acids is 1. The Morgan fingerprint density at radius 2 is 2.07 bits per heavy atom. The van der Waals surface area contributed by atoms with Gasteiger partial charge in [0, 0.05) is 25.2 Å². The predicted molar refractivity (Wildman–Crippen MR) is 103 cm³/mol. The van der Waals surface area contributed by atoms with Crippen molar-refractivity contribution in [2.75, 3.05) is 26.3 Å². The Morgan fingerprint density at radius 3 is 2.86 bits per heavy atom. The van der Waals surface area contributed by atoms with Crippen LogP contribution in [0.2, 0.25) is 0 Å². The van der Waals surface area contributed by atoms with Gasteiger partial charge in [-0.1, -0.05) is 0 Å². The number of likely N-dealkylation sites (tertiary alicyclic amines) is 1. The van der Waals surface area contributed by atoms with Crippen LogP contribution >= 0.6 is 0 Å². The van der Waals surface area contributed by atoms with E-state index < -0.39 is 0 Å². The summed E-state index contributed by atoms with van der Waals surface area (Å²) >= 11 is 0. The predicted octanol–water partition coefficient (Wildman–Crippen LogP) is 2.58. The highest BCUT2D eigenvalue weighted by molar-refractivity contribution is 5.94. The number of aryl methyl sites for hydroxylation is 2. The molecule has 0 bridgehead atoms. The van der Waals surface area contributed by atoms with E-state index in [2.05, 4.69) is 15.0 Å². The van der Waals surface area contributed by atoms with E-state index >= 15 is 0 Å². The van der Waals surface area contributed by atoms with Crippen LogP contribution in [0, 0.1) is 19.8 Å². The quantitative estimate of drug-likeness (QED) is 0.791. The molecule has 2 aromatic rings. The van der Waals surface area contributed by atoms with Gasteiger partial charge in [-0.25, -0.2) is 4.98 Å². The van der Waals surface area contributed by atoms with Crippen LogP contribution in [0.4, 0.5) is 0 Å². The van der Waals surface area contributed by atoms with Crippen LogP contribution in [-0.4, -0.2) is 57.7 Å². The average molecular weight is 382 g/mol. The van der Waals surface area contributed by atoms with Crippen LogP contribution in [0.3, 0.4) is 0 Å². The Kier molecular flexibility index (Phi) is 5.26. The van der Waals surface area contributed by atoms with Crippen LogP contribution in [0.25, 0.3) is 0 Å². The van der Waals surface area contributed by atoms with E-state index in [1.807, 2.05) is 24.8 Å². The summed E-state index contributed by atoms with van der Waals surface area (Å²) in [7, 11) is 0. The minimum absolute atomic E-state index is 0.0360. The molecule has 4 heterocycles. The molecule has 0 unspecified atom stereocenters. The van der Waals surface area contributed by atoms with Gasteiger partial charge < -0.3 is 14.4 Å². The summed E-state index contributed by atoms with van der Waals surface area (Å²) < 4.78 is 11.8. The molecule has 4 rings (SSSR count). The number of carbonyl (C=O) groups is 1. The molecule has 7 nitrogen and oxygen atoms in total. The molecule has 1 spiro atoms. The fourth-order valence-electron chi connectivity index (χ4n) is 4.08. The van der Waals surface area contributed by atoms with Crippen molar-refractivity contribution < 1.29 is 14.3 Å². The summed E-state index contributed by atoms with van der Waals surface area (Å²) in [5.41, 5.74) is 2.30. The number of hydrogen-bond donors (Lipinski definition) is 0. The second kappa shape index (κ2) is 7.83. The first-order chi connectivity index (χ1) is 13.5. The van der Waals surface area contributed by atoms with Gasteiger partial charge in [-0.05, 0) is 50.7 Å². The number of ether oxygens (including phenoxy) is 2. The maximum absolute atomic E-state index is 12.6. The lowest BCUT2D eigenvalue weighted by atomic mass is 9.79. The zero-order valence-corrected chi connectivity index (χ0v) is 16.4. The molecule has 0 saturated carbocycles. The van der Waals surface area contributed by atoms with E-state index in [1.165, 1.54) is 0 Å². The Labute approximate surface area is 165 Å². The molecule has 1 atom stereocenters. The first kappa shape index (κ1) is 18.8. The van der Waals surface area contributed by atoms with E-state index in [0.717, 1.165) is 37.1 Å². The molecule has 2 fully saturated rings. The minimum atomic E-state index is -0.195. The van der Waals surface area contributed by atoms with Gasteiger partial charge in [-0.3, -0.25) is 14.8 Å². The van der Waals surface area contributed by atoms with E-state index in [9.17, 15) is 4.79 Å². The number of rotatable bonds is 5. The number of hydrogen-bond acceptors (Lipinski definition) is 6. The van der Waals surface area contributed by atoms with Crippen molar-refractivity contribution in [1.82, 2.24) is 19.9 Å². The van der Waals surface area contributed by atoms with Crippen LogP contribution in [-0.2, 0) is 4.74 Å². The lowest BCUT2D eigenvalue weighted by molar-refractivity contribution is -0.166. The molecule has 0 N–H and O–H groups in total. The van der Waals surface area contributed by atoms with Gasteiger partial charge in [-0.15, -0.1) is 0 Å². The molecule has 148 valence electrons. The summed E-state index contributed by atoms with van der Waals surface area (Å²) in [6.45, 7) is 6.51. The monoisotopic (exact) mass is 382 g/mol. The molecule has 0 aromatic carbocycles. The first-order valence-electron chi connectivity index (χ1n) is 9.79. The van der Waals surface area contributed by atoms with Gasteiger partial charge in [0.05, 0.1) is 37.2 Å². The highest BCUT2D eigenvalue weighted by atomic mass is 16.5. The Bertz CT molecular complexity index is 851. The third-order valence-electron chi connectivity index (χ3n) is 5.47. The van der Waals surface area contributed by atoms with Crippen LogP contribution in [0.5, 0.6) is 5.88 Å². The molecule has 0 aliphatic carbocycles. The van der Waals surface area contributed by atoms with Gasteiger partial charge in [-0.2, -0.15) is 0 Å². The normalized spacial score (nSPS) is 20.6. The second-order valence-electron chi connectivity index (χ2n) is 7.94. The molecular weight excluding hydrogens is 356 g/mol. The number of aromatic nitrogens is 3.